The van der Waals surface area contributed by atoms with Gasteiger partial charge in [0.05, 0.1) is 18.2 Å². The maximum absolute atomic E-state index is 11.8. The van der Waals surface area contributed by atoms with E-state index in [9.17, 15) is 9.59 Å². The number of esters is 2. The third-order valence-electron chi connectivity index (χ3n) is 2.23. The van der Waals surface area contributed by atoms with Crippen LogP contribution in [0.5, 0.6) is 0 Å². The maximum Gasteiger partial charge on any atom is 0.343 e. The molecular formula is C14H16O4. The van der Waals surface area contributed by atoms with Gasteiger partial charge in [0, 0.05) is 0 Å². The molecule has 0 saturated carbocycles. The van der Waals surface area contributed by atoms with Crippen molar-refractivity contribution in [2.24, 2.45) is 0 Å². The van der Waals surface area contributed by atoms with Crippen LogP contribution in [0.4, 0.5) is 0 Å². The topological polar surface area (TPSA) is 52.6 Å². The Morgan fingerprint density at radius 1 is 1.28 bits per heavy atom. The van der Waals surface area contributed by atoms with Crippen molar-refractivity contribution in [2.45, 2.75) is 20.8 Å². The molecule has 0 N–H and O–H groups in total. The van der Waals surface area contributed by atoms with E-state index in [0.29, 0.717) is 5.56 Å². The van der Waals surface area contributed by atoms with Gasteiger partial charge < -0.3 is 9.47 Å². The third kappa shape index (κ3) is 4.05. The molecule has 0 saturated heterocycles. The molecule has 0 aromatic heterocycles. The van der Waals surface area contributed by atoms with E-state index in [1.807, 2.05) is 19.1 Å². The van der Waals surface area contributed by atoms with E-state index in [1.54, 1.807) is 19.1 Å². The number of hydrogen-bond donors (Lipinski definition) is 0. The van der Waals surface area contributed by atoms with Crippen LogP contribution >= 0.6 is 0 Å². The number of aryl methyl sites for hydroxylation is 1. The molecule has 96 valence electrons. The fraction of sp³-hybridized carbons (Fsp3) is 0.286. The van der Waals surface area contributed by atoms with Gasteiger partial charge in [0.25, 0.3) is 0 Å². The number of allylic oxidation sites excluding steroid dienone is 1. The van der Waals surface area contributed by atoms with Crippen LogP contribution in [0.2, 0.25) is 0 Å². The molecule has 4 heteroatoms. The standard InChI is InChI=1S/C14H16O4/c1-4-17-13(15)9-11(3)18-14(16)12-8-6-5-7-10(12)2/h5-9H,4H2,1-3H3/b11-9-. The summed E-state index contributed by atoms with van der Waals surface area (Å²) >= 11 is 0. The second kappa shape index (κ2) is 6.59. The zero-order valence-electron chi connectivity index (χ0n) is 10.7. The highest BCUT2D eigenvalue weighted by Crippen LogP contribution is 2.11. The van der Waals surface area contributed by atoms with E-state index in [0.717, 1.165) is 11.6 Å². The molecule has 0 heterocycles. The Bertz CT molecular complexity index is 474. The molecule has 0 fully saturated rings. The minimum Gasteiger partial charge on any atom is -0.463 e. The highest BCUT2D eigenvalue weighted by molar-refractivity contribution is 5.92. The van der Waals surface area contributed by atoms with Gasteiger partial charge in [-0.2, -0.15) is 0 Å². The summed E-state index contributed by atoms with van der Waals surface area (Å²) in [5.74, 6) is -0.791. The van der Waals surface area contributed by atoms with E-state index >= 15 is 0 Å². The lowest BCUT2D eigenvalue weighted by atomic mass is 10.1. The van der Waals surface area contributed by atoms with Gasteiger partial charge in [-0.05, 0) is 32.4 Å². The molecule has 1 aromatic rings. The van der Waals surface area contributed by atoms with Crippen molar-refractivity contribution in [1.29, 1.82) is 0 Å². The van der Waals surface area contributed by atoms with Crippen molar-refractivity contribution in [3.05, 3.63) is 47.2 Å². The molecule has 18 heavy (non-hydrogen) atoms. The molecular weight excluding hydrogens is 232 g/mol. The molecule has 1 rings (SSSR count). The van der Waals surface area contributed by atoms with Crippen LogP contribution < -0.4 is 0 Å². The SMILES string of the molecule is CCOC(=O)/C=C(/C)OC(=O)c1ccccc1C. The molecule has 0 atom stereocenters. The summed E-state index contributed by atoms with van der Waals surface area (Å²) < 4.78 is 9.77. The van der Waals surface area contributed by atoms with E-state index < -0.39 is 11.9 Å². The normalized spacial score (nSPS) is 10.9. The largest absolute Gasteiger partial charge is 0.463 e. The first-order valence-electron chi connectivity index (χ1n) is 5.67. The summed E-state index contributed by atoms with van der Waals surface area (Å²) in [6.07, 6.45) is 1.15. The van der Waals surface area contributed by atoms with Crippen molar-refractivity contribution < 1.29 is 19.1 Å². The zero-order chi connectivity index (χ0) is 13.5. The fourth-order valence-electron chi connectivity index (χ4n) is 1.38. The molecule has 0 spiro atoms. The summed E-state index contributed by atoms with van der Waals surface area (Å²) in [4.78, 5) is 22.9. The number of ether oxygens (including phenoxy) is 2. The van der Waals surface area contributed by atoms with Crippen LogP contribution in [-0.2, 0) is 14.3 Å². The molecule has 0 amide bonds. The number of hydrogen-bond acceptors (Lipinski definition) is 4. The summed E-state index contributed by atoms with van der Waals surface area (Å²) in [7, 11) is 0. The van der Waals surface area contributed by atoms with E-state index in [2.05, 4.69) is 0 Å². The smallest absolute Gasteiger partial charge is 0.343 e. The van der Waals surface area contributed by atoms with E-state index in [-0.39, 0.29) is 12.4 Å². The van der Waals surface area contributed by atoms with Gasteiger partial charge in [-0.15, -0.1) is 0 Å². The molecule has 0 aliphatic heterocycles. The van der Waals surface area contributed by atoms with Crippen molar-refractivity contribution in [1.82, 2.24) is 0 Å². The second-order valence-corrected chi connectivity index (χ2v) is 3.71. The van der Waals surface area contributed by atoms with Gasteiger partial charge in [0.15, 0.2) is 0 Å². The number of rotatable bonds is 4. The summed E-state index contributed by atoms with van der Waals surface area (Å²) in [6.45, 7) is 5.35. The van der Waals surface area contributed by atoms with Gasteiger partial charge >= 0.3 is 11.9 Å². The Balaban J connectivity index is 2.71. The van der Waals surface area contributed by atoms with Gasteiger partial charge in [-0.25, -0.2) is 9.59 Å². The highest BCUT2D eigenvalue weighted by Gasteiger charge is 2.11. The lowest BCUT2D eigenvalue weighted by molar-refractivity contribution is -0.137. The number of benzene rings is 1. The highest BCUT2D eigenvalue weighted by atomic mass is 16.5. The van der Waals surface area contributed by atoms with Gasteiger partial charge in [-0.1, -0.05) is 18.2 Å². The predicted octanol–water partition coefficient (Wildman–Crippen LogP) is 2.62. The maximum atomic E-state index is 11.8. The lowest BCUT2D eigenvalue weighted by Crippen LogP contribution is -2.07. The molecule has 0 unspecified atom stereocenters. The van der Waals surface area contributed by atoms with E-state index in [1.165, 1.54) is 6.92 Å². The van der Waals surface area contributed by atoms with Gasteiger partial charge in [0.2, 0.25) is 0 Å². The van der Waals surface area contributed by atoms with Crippen molar-refractivity contribution >= 4 is 11.9 Å². The lowest BCUT2D eigenvalue weighted by Gasteiger charge is -2.06. The first-order valence-corrected chi connectivity index (χ1v) is 5.67. The Labute approximate surface area is 106 Å². The quantitative estimate of drug-likeness (QED) is 0.467. The fourth-order valence-corrected chi connectivity index (χ4v) is 1.38. The van der Waals surface area contributed by atoms with Crippen LogP contribution in [-0.4, -0.2) is 18.5 Å². The van der Waals surface area contributed by atoms with Crippen LogP contribution in [0.1, 0.15) is 29.8 Å². The second-order valence-electron chi connectivity index (χ2n) is 3.71. The average Bonchev–Trinajstić information content (AvgIpc) is 2.29. The van der Waals surface area contributed by atoms with Crippen molar-refractivity contribution in [3.8, 4) is 0 Å². The summed E-state index contributed by atoms with van der Waals surface area (Å²) in [5.41, 5.74) is 1.31. The van der Waals surface area contributed by atoms with E-state index in [4.69, 9.17) is 9.47 Å². The van der Waals surface area contributed by atoms with Gasteiger partial charge in [0.1, 0.15) is 5.76 Å². The monoisotopic (exact) mass is 248 g/mol. The molecule has 4 nitrogen and oxygen atoms in total. The third-order valence-corrected chi connectivity index (χ3v) is 2.23. The van der Waals surface area contributed by atoms with Gasteiger partial charge in [-0.3, -0.25) is 0 Å². The van der Waals surface area contributed by atoms with Crippen LogP contribution in [0.15, 0.2) is 36.1 Å². The molecule has 0 aliphatic carbocycles. The minimum absolute atomic E-state index is 0.210. The first-order chi connectivity index (χ1) is 8.54. The zero-order valence-corrected chi connectivity index (χ0v) is 10.7. The Hall–Kier alpha value is -2.10. The Kier molecular flexibility index (Phi) is 5.11. The van der Waals surface area contributed by atoms with Crippen LogP contribution in [0.25, 0.3) is 0 Å². The Morgan fingerprint density at radius 3 is 2.56 bits per heavy atom. The average molecular weight is 248 g/mol. The van der Waals surface area contributed by atoms with Crippen LogP contribution in [0.3, 0.4) is 0 Å². The Morgan fingerprint density at radius 2 is 1.94 bits per heavy atom. The van der Waals surface area contributed by atoms with Crippen LogP contribution in [0, 0.1) is 6.92 Å². The minimum atomic E-state index is -0.521. The molecule has 0 bridgehead atoms. The molecule has 0 radical (unpaired) electrons. The number of carbonyl (C=O) groups excluding carboxylic acids is 2. The molecule has 1 aromatic carbocycles. The first kappa shape index (κ1) is 14.0. The number of carbonyl (C=O) groups is 2. The van der Waals surface area contributed by atoms with Crippen molar-refractivity contribution in [3.63, 3.8) is 0 Å². The predicted molar refractivity (Wildman–Crippen MR) is 67.0 cm³/mol. The molecule has 0 aliphatic rings. The summed E-state index contributed by atoms with van der Waals surface area (Å²) in [5, 5.41) is 0. The summed E-state index contributed by atoms with van der Waals surface area (Å²) in [6, 6.07) is 7.09. The van der Waals surface area contributed by atoms with Crippen molar-refractivity contribution in [2.75, 3.05) is 6.61 Å².